The molecule has 9 heteroatoms. The number of carbonyl (C=O) groups is 1. The standard InChI is InChI=1S/C24H27N3O5S/c1-16(2)30-11-5-10-27-23(29)18-6-3-4-7-19(18)26-24(27)33-15-22(28)25-17-8-9-20-21(14-17)32-13-12-31-20/h3-4,6-9,14,16H,5,10-13,15H2,1-2H3,(H,25,28). The highest BCUT2D eigenvalue weighted by Gasteiger charge is 2.15. The summed E-state index contributed by atoms with van der Waals surface area (Å²) >= 11 is 1.24. The summed E-state index contributed by atoms with van der Waals surface area (Å²) in [6.07, 6.45) is 0.809. The van der Waals surface area contributed by atoms with Crippen molar-refractivity contribution in [1.82, 2.24) is 9.55 Å². The number of aromatic nitrogens is 2. The molecular weight excluding hydrogens is 442 g/mol. The number of benzene rings is 2. The zero-order valence-electron chi connectivity index (χ0n) is 18.7. The summed E-state index contributed by atoms with van der Waals surface area (Å²) < 4.78 is 18.3. The Morgan fingerprint density at radius 3 is 2.79 bits per heavy atom. The van der Waals surface area contributed by atoms with Crippen LogP contribution in [0.25, 0.3) is 10.9 Å². The highest BCUT2D eigenvalue weighted by molar-refractivity contribution is 7.99. The first-order valence-corrected chi connectivity index (χ1v) is 11.9. The van der Waals surface area contributed by atoms with Gasteiger partial charge in [-0.3, -0.25) is 14.2 Å². The largest absolute Gasteiger partial charge is 0.486 e. The summed E-state index contributed by atoms with van der Waals surface area (Å²) in [5.41, 5.74) is 1.13. The molecule has 174 valence electrons. The number of nitrogens with zero attached hydrogens (tertiary/aromatic N) is 2. The number of thioether (sulfide) groups is 1. The van der Waals surface area contributed by atoms with Crippen LogP contribution in [-0.2, 0) is 16.1 Å². The van der Waals surface area contributed by atoms with Crippen molar-refractivity contribution in [3.63, 3.8) is 0 Å². The molecule has 2 heterocycles. The molecule has 0 unspecified atom stereocenters. The van der Waals surface area contributed by atoms with Gasteiger partial charge in [-0.05, 0) is 44.5 Å². The van der Waals surface area contributed by atoms with Crippen molar-refractivity contribution in [3.05, 3.63) is 52.8 Å². The topological polar surface area (TPSA) is 91.7 Å². The first kappa shape index (κ1) is 23.1. The molecule has 1 aliphatic rings. The van der Waals surface area contributed by atoms with Gasteiger partial charge in [-0.15, -0.1) is 0 Å². The molecule has 0 radical (unpaired) electrons. The number of hydrogen-bond acceptors (Lipinski definition) is 7. The number of carbonyl (C=O) groups excluding carboxylic acids is 1. The maximum absolute atomic E-state index is 13.1. The van der Waals surface area contributed by atoms with Crippen molar-refractivity contribution < 1.29 is 19.0 Å². The zero-order valence-corrected chi connectivity index (χ0v) is 19.5. The van der Waals surface area contributed by atoms with Crippen LogP contribution in [-0.4, -0.2) is 47.1 Å². The maximum Gasteiger partial charge on any atom is 0.262 e. The van der Waals surface area contributed by atoms with Gasteiger partial charge in [-0.25, -0.2) is 4.98 Å². The molecule has 1 N–H and O–H groups in total. The van der Waals surface area contributed by atoms with E-state index in [0.717, 1.165) is 0 Å². The molecule has 0 aliphatic carbocycles. The van der Waals surface area contributed by atoms with Crippen molar-refractivity contribution >= 4 is 34.3 Å². The molecule has 0 saturated carbocycles. The van der Waals surface area contributed by atoms with E-state index in [-0.39, 0.29) is 23.3 Å². The third-order valence-electron chi connectivity index (χ3n) is 4.96. The molecule has 0 saturated heterocycles. The van der Waals surface area contributed by atoms with E-state index >= 15 is 0 Å². The van der Waals surface area contributed by atoms with Gasteiger partial charge in [0.05, 0.1) is 22.8 Å². The van der Waals surface area contributed by atoms with E-state index in [1.165, 1.54) is 11.8 Å². The van der Waals surface area contributed by atoms with Crippen LogP contribution < -0.4 is 20.3 Å². The predicted molar refractivity (Wildman–Crippen MR) is 128 cm³/mol. The van der Waals surface area contributed by atoms with Gasteiger partial charge in [0.15, 0.2) is 16.7 Å². The summed E-state index contributed by atoms with van der Waals surface area (Å²) in [5, 5.41) is 3.94. The second-order valence-electron chi connectivity index (χ2n) is 7.84. The van der Waals surface area contributed by atoms with Crippen molar-refractivity contribution in [2.75, 3.05) is 30.9 Å². The molecule has 0 atom stereocenters. The number of nitrogens with one attached hydrogen (secondary N) is 1. The summed E-state index contributed by atoms with van der Waals surface area (Å²) in [6.45, 7) is 5.96. The lowest BCUT2D eigenvalue weighted by atomic mass is 10.2. The van der Waals surface area contributed by atoms with Crippen LogP contribution in [0, 0.1) is 0 Å². The first-order valence-electron chi connectivity index (χ1n) is 10.9. The van der Waals surface area contributed by atoms with Crippen molar-refractivity contribution in [3.8, 4) is 11.5 Å². The van der Waals surface area contributed by atoms with E-state index in [9.17, 15) is 9.59 Å². The Labute approximate surface area is 196 Å². The van der Waals surface area contributed by atoms with Gasteiger partial charge in [0.1, 0.15) is 13.2 Å². The average Bonchev–Trinajstić information content (AvgIpc) is 2.81. The van der Waals surface area contributed by atoms with Crippen molar-refractivity contribution in [1.29, 1.82) is 0 Å². The normalized spacial score (nSPS) is 12.8. The number of ether oxygens (including phenoxy) is 3. The van der Waals surface area contributed by atoms with Crippen LogP contribution in [0.15, 0.2) is 52.4 Å². The minimum Gasteiger partial charge on any atom is -0.486 e. The lowest BCUT2D eigenvalue weighted by Crippen LogP contribution is -2.25. The first-order chi connectivity index (χ1) is 16.0. The van der Waals surface area contributed by atoms with Crippen LogP contribution >= 0.6 is 11.8 Å². The Bertz CT molecular complexity index is 1190. The molecule has 0 spiro atoms. The van der Waals surface area contributed by atoms with E-state index in [2.05, 4.69) is 10.3 Å². The van der Waals surface area contributed by atoms with Gasteiger partial charge >= 0.3 is 0 Å². The third-order valence-corrected chi connectivity index (χ3v) is 5.94. The summed E-state index contributed by atoms with van der Waals surface area (Å²) in [6, 6.07) is 12.5. The molecule has 3 aromatic rings. The minimum absolute atomic E-state index is 0.111. The SMILES string of the molecule is CC(C)OCCCn1c(SCC(=O)Nc2ccc3c(c2)OCCO3)nc2ccccc2c1=O. The summed E-state index contributed by atoms with van der Waals surface area (Å²) in [5.74, 6) is 1.19. The predicted octanol–water partition coefficient (Wildman–Crippen LogP) is 3.71. The highest BCUT2D eigenvalue weighted by atomic mass is 32.2. The van der Waals surface area contributed by atoms with E-state index in [4.69, 9.17) is 14.2 Å². The highest BCUT2D eigenvalue weighted by Crippen LogP contribution is 2.32. The Morgan fingerprint density at radius 1 is 1.18 bits per heavy atom. The lowest BCUT2D eigenvalue weighted by molar-refractivity contribution is -0.113. The molecule has 2 aromatic carbocycles. The smallest absolute Gasteiger partial charge is 0.262 e. The lowest BCUT2D eigenvalue weighted by Gasteiger charge is -2.19. The van der Waals surface area contributed by atoms with Crippen LogP contribution in [0.5, 0.6) is 11.5 Å². The van der Waals surface area contributed by atoms with Crippen LogP contribution in [0.3, 0.4) is 0 Å². The number of rotatable bonds is 9. The van der Waals surface area contributed by atoms with E-state index < -0.39 is 0 Å². The fraction of sp³-hybridized carbons (Fsp3) is 0.375. The quantitative estimate of drug-likeness (QED) is 0.290. The number of fused-ring (bicyclic) bond motifs is 2. The van der Waals surface area contributed by atoms with E-state index in [1.807, 2.05) is 32.0 Å². The second-order valence-corrected chi connectivity index (χ2v) is 8.78. The summed E-state index contributed by atoms with van der Waals surface area (Å²) in [4.78, 5) is 30.4. The van der Waals surface area contributed by atoms with Gasteiger partial charge in [0, 0.05) is 24.9 Å². The van der Waals surface area contributed by atoms with Crippen LogP contribution in [0.1, 0.15) is 20.3 Å². The maximum atomic E-state index is 13.1. The molecule has 0 bridgehead atoms. The third kappa shape index (κ3) is 5.85. The number of amides is 1. The zero-order chi connectivity index (χ0) is 23.2. The van der Waals surface area contributed by atoms with E-state index in [0.29, 0.717) is 66.0 Å². The van der Waals surface area contributed by atoms with Gasteiger partial charge < -0.3 is 19.5 Å². The Morgan fingerprint density at radius 2 is 1.97 bits per heavy atom. The Hall–Kier alpha value is -3.04. The molecule has 1 amide bonds. The molecule has 4 rings (SSSR count). The van der Waals surface area contributed by atoms with Crippen molar-refractivity contribution in [2.45, 2.75) is 38.1 Å². The number of para-hydroxylation sites is 1. The van der Waals surface area contributed by atoms with Gasteiger partial charge in [-0.2, -0.15) is 0 Å². The van der Waals surface area contributed by atoms with Crippen LogP contribution in [0.4, 0.5) is 5.69 Å². The molecule has 33 heavy (non-hydrogen) atoms. The Balaban J connectivity index is 1.46. The fourth-order valence-corrected chi connectivity index (χ4v) is 4.27. The van der Waals surface area contributed by atoms with Crippen LogP contribution in [0.2, 0.25) is 0 Å². The van der Waals surface area contributed by atoms with E-state index in [1.54, 1.807) is 28.8 Å². The number of hydrogen-bond donors (Lipinski definition) is 1. The monoisotopic (exact) mass is 469 g/mol. The molecule has 1 aliphatic heterocycles. The van der Waals surface area contributed by atoms with Gasteiger partial charge in [0.25, 0.3) is 5.56 Å². The minimum atomic E-state index is -0.200. The average molecular weight is 470 g/mol. The molecule has 1 aromatic heterocycles. The van der Waals surface area contributed by atoms with Crippen molar-refractivity contribution in [2.24, 2.45) is 0 Å². The van der Waals surface area contributed by atoms with Gasteiger partial charge in [-0.1, -0.05) is 23.9 Å². The fourth-order valence-electron chi connectivity index (χ4n) is 3.45. The number of anilines is 1. The molecular formula is C24H27N3O5S. The summed E-state index contributed by atoms with van der Waals surface area (Å²) in [7, 11) is 0. The Kier molecular flexibility index (Phi) is 7.51. The molecule has 8 nitrogen and oxygen atoms in total. The van der Waals surface area contributed by atoms with Gasteiger partial charge in [0.2, 0.25) is 5.91 Å². The second kappa shape index (κ2) is 10.7. The molecule has 0 fully saturated rings.